The van der Waals surface area contributed by atoms with E-state index >= 15 is 0 Å². The maximum atomic E-state index is 8.79. The van der Waals surface area contributed by atoms with Crippen LogP contribution < -0.4 is 0 Å². The fourth-order valence-corrected chi connectivity index (χ4v) is 5.01. The molecule has 1 atom stereocenters. The zero-order valence-corrected chi connectivity index (χ0v) is 26.1. The van der Waals surface area contributed by atoms with Gasteiger partial charge in [-0.3, -0.25) is 4.90 Å². The fourth-order valence-electron chi connectivity index (χ4n) is 5.01. The second kappa shape index (κ2) is 33.9. The van der Waals surface area contributed by atoms with Gasteiger partial charge in [-0.25, -0.2) is 0 Å². The quantitative estimate of drug-likeness (QED) is 0.0883. The standard InChI is InChI=1S/C32H67NO6/c1-3-5-6-7-8-9-10-11-12-13-14-15-16-17-18-19-32(4-2)33(20-24-36-28-30-38-26-22-34)21-25-37-29-31-39-27-23-35/h32,34-35H,3-31H2,1-2H3. The van der Waals surface area contributed by atoms with Crippen LogP contribution in [0.2, 0.25) is 0 Å². The van der Waals surface area contributed by atoms with Crippen molar-refractivity contribution in [3.63, 3.8) is 0 Å². The molecule has 0 amide bonds. The zero-order chi connectivity index (χ0) is 28.5. The third-order valence-corrected chi connectivity index (χ3v) is 7.39. The third kappa shape index (κ3) is 29.0. The second-order valence-corrected chi connectivity index (χ2v) is 10.7. The Bertz CT molecular complexity index is 425. The minimum atomic E-state index is 0.0519. The van der Waals surface area contributed by atoms with Gasteiger partial charge >= 0.3 is 0 Å². The first-order valence-electron chi connectivity index (χ1n) is 16.6. The highest BCUT2D eigenvalue weighted by Gasteiger charge is 2.16. The maximum absolute atomic E-state index is 8.79. The number of ether oxygens (including phenoxy) is 4. The van der Waals surface area contributed by atoms with Crippen molar-refractivity contribution < 1.29 is 29.2 Å². The van der Waals surface area contributed by atoms with Crippen LogP contribution in [-0.4, -0.2) is 100 Å². The van der Waals surface area contributed by atoms with E-state index in [0.717, 1.165) is 19.5 Å². The van der Waals surface area contributed by atoms with Gasteiger partial charge in [0, 0.05) is 19.1 Å². The third-order valence-electron chi connectivity index (χ3n) is 7.39. The first-order chi connectivity index (χ1) is 19.3. The van der Waals surface area contributed by atoms with Gasteiger partial charge in [0.05, 0.1) is 66.1 Å². The number of nitrogens with zero attached hydrogens (tertiary/aromatic N) is 1. The van der Waals surface area contributed by atoms with Gasteiger partial charge in [-0.15, -0.1) is 0 Å². The molecule has 236 valence electrons. The average Bonchev–Trinajstić information content (AvgIpc) is 2.95. The monoisotopic (exact) mass is 561 g/mol. The highest BCUT2D eigenvalue weighted by Crippen LogP contribution is 2.17. The van der Waals surface area contributed by atoms with Crippen LogP contribution in [0.15, 0.2) is 0 Å². The molecule has 0 bridgehead atoms. The Balaban J connectivity index is 4.00. The first-order valence-corrected chi connectivity index (χ1v) is 16.6. The summed E-state index contributed by atoms with van der Waals surface area (Å²) in [6.45, 7) is 10.7. The van der Waals surface area contributed by atoms with Gasteiger partial charge in [0.1, 0.15) is 0 Å². The normalized spacial score (nSPS) is 12.5. The Labute approximate surface area is 242 Å². The Morgan fingerprint density at radius 1 is 0.462 bits per heavy atom. The molecular formula is C32H67NO6. The number of aliphatic hydroxyl groups is 2. The van der Waals surface area contributed by atoms with Crippen molar-refractivity contribution >= 4 is 0 Å². The van der Waals surface area contributed by atoms with E-state index in [1.807, 2.05) is 0 Å². The van der Waals surface area contributed by atoms with E-state index in [1.165, 1.54) is 103 Å². The average molecular weight is 562 g/mol. The van der Waals surface area contributed by atoms with Gasteiger partial charge in [-0.1, -0.05) is 110 Å². The van der Waals surface area contributed by atoms with E-state index in [-0.39, 0.29) is 13.2 Å². The summed E-state index contributed by atoms with van der Waals surface area (Å²) in [4.78, 5) is 2.52. The first kappa shape index (κ1) is 38.7. The lowest BCUT2D eigenvalue weighted by Gasteiger charge is -2.31. The topological polar surface area (TPSA) is 80.6 Å². The van der Waals surface area contributed by atoms with Gasteiger partial charge < -0.3 is 29.2 Å². The fraction of sp³-hybridized carbons (Fsp3) is 1.00. The minimum absolute atomic E-state index is 0.0519. The van der Waals surface area contributed by atoms with E-state index < -0.39 is 0 Å². The van der Waals surface area contributed by atoms with Crippen molar-refractivity contribution in [2.24, 2.45) is 0 Å². The van der Waals surface area contributed by atoms with Crippen molar-refractivity contribution in [3.8, 4) is 0 Å². The van der Waals surface area contributed by atoms with Gasteiger partial charge in [-0.05, 0) is 12.8 Å². The lowest BCUT2D eigenvalue weighted by Crippen LogP contribution is -2.40. The van der Waals surface area contributed by atoms with Crippen molar-refractivity contribution in [2.75, 3.05) is 79.2 Å². The molecule has 0 spiro atoms. The summed E-state index contributed by atoms with van der Waals surface area (Å²) in [6.07, 6.45) is 23.4. The van der Waals surface area contributed by atoms with Crippen LogP contribution in [0.25, 0.3) is 0 Å². The van der Waals surface area contributed by atoms with Crippen LogP contribution in [0.4, 0.5) is 0 Å². The number of unbranched alkanes of at least 4 members (excludes halogenated alkanes) is 14. The molecule has 0 aliphatic heterocycles. The Morgan fingerprint density at radius 3 is 1.18 bits per heavy atom. The smallest absolute Gasteiger partial charge is 0.0701 e. The number of hydrogen-bond donors (Lipinski definition) is 2. The summed E-state index contributed by atoms with van der Waals surface area (Å²) in [7, 11) is 0. The molecule has 0 aliphatic rings. The lowest BCUT2D eigenvalue weighted by molar-refractivity contribution is 0.00684. The molecule has 7 nitrogen and oxygen atoms in total. The molecule has 0 saturated carbocycles. The Hall–Kier alpha value is -0.280. The summed E-state index contributed by atoms with van der Waals surface area (Å²) in [5.74, 6) is 0. The molecule has 0 heterocycles. The van der Waals surface area contributed by atoms with E-state index in [0.29, 0.717) is 58.9 Å². The Kier molecular flexibility index (Phi) is 33.7. The largest absolute Gasteiger partial charge is 0.394 e. The molecule has 0 aromatic heterocycles. The zero-order valence-electron chi connectivity index (χ0n) is 26.1. The lowest BCUT2D eigenvalue weighted by atomic mass is 10.0. The molecule has 0 fully saturated rings. The molecule has 0 rings (SSSR count). The summed E-state index contributed by atoms with van der Waals surface area (Å²) < 4.78 is 22.1. The molecule has 39 heavy (non-hydrogen) atoms. The number of aliphatic hydroxyl groups excluding tert-OH is 2. The summed E-state index contributed by atoms with van der Waals surface area (Å²) in [5, 5.41) is 17.6. The summed E-state index contributed by atoms with van der Waals surface area (Å²) in [5.41, 5.74) is 0. The summed E-state index contributed by atoms with van der Waals surface area (Å²) in [6, 6.07) is 0.551. The van der Waals surface area contributed by atoms with Gasteiger partial charge in [0.2, 0.25) is 0 Å². The molecule has 2 N–H and O–H groups in total. The van der Waals surface area contributed by atoms with Crippen LogP contribution in [0.1, 0.15) is 123 Å². The molecule has 0 aromatic carbocycles. The van der Waals surface area contributed by atoms with E-state index in [1.54, 1.807) is 0 Å². The maximum Gasteiger partial charge on any atom is 0.0701 e. The van der Waals surface area contributed by atoms with Crippen molar-refractivity contribution in [1.82, 2.24) is 4.90 Å². The molecule has 0 aromatic rings. The van der Waals surface area contributed by atoms with Gasteiger partial charge in [-0.2, -0.15) is 0 Å². The van der Waals surface area contributed by atoms with E-state index in [4.69, 9.17) is 29.2 Å². The van der Waals surface area contributed by atoms with Crippen molar-refractivity contribution in [3.05, 3.63) is 0 Å². The molecule has 0 radical (unpaired) electrons. The molecule has 1 unspecified atom stereocenters. The van der Waals surface area contributed by atoms with Gasteiger partial charge in [0.25, 0.3) is 0 Å². The predicted octanol–water partition coefficient (Wildman–Crippen LogP) is 6.38. The number of rotatable bonds is 34. The number of hydrogen-bond acceptors (Lipinski definition) is 7. The predicted molar refractivity (Wildman–Crippen MR) is 163 cm³/mol. The van der Waals surface area contributed by atoms with Crippen LogP contribution in [0, 0.1) is 0 Å². The Morgan fingerprint density at radius 2 is 0.821 bits per heavy atom. The van der Waals surface area contributed by atoms with Crippen LogP contribution in [0.5, 0.6) is 0 Å². The molecule has 7 heteroatoms. The second-order valence-electron chi connectivity index (χ2n) is 10.7. The molecule has 0 aliphatic carbocycles. The van der Waals surface area contributed by atoms with Crippen LogP contribution >= 0.6 is 0 Å². The van der Waals surface area contributed by atoms with Crippen molar-refractivity contribution in [2.45, 2.75) is 129 Å². The molecule has 0 saturated heterocycles. The minimum Gasteiger partial charge on any atom is -0.394 e. The van der Waals surface area contributed by atoms with Crippen LogP contribution in [-0.2, 0) is 18.9 Å². The van der Waals surface area contributed by atoms with E-state index in [9.17, 15) is 0 Å². The van der Waals surface area contributed by atoms with E-state index in [2.05, 4.69) is 18.7 Å². The SMILES string of the molecule is CCCCCCCCCCCCCCCCCC(CC)N(CCOCCOCCO)CCOCCOCCO. The highest BCUT2D eigenvalue weighted by atomic mass is 16.5. The molecular weight excluding hydrogens is 494 g/mol. The summed E-state index contributed by atoms with van der Waals surface area (Å²) >= 11 is 0. The van der Waals surface area contributed by atoms with Crippen LogP contribution in [0.3, 0.4) is 0 Å². The van der Waals surface area contributed by atoms with Crippen molar-refractivity contribution in [1.29, 1.82) is 0 Å². The highest BCUT2D eigenvalue weighted by molar-refractivity contribution is 4.71. The van der Waals surface area contributed by atoms with Gasteiger partial charge in [0.15, 0.2) is 0 Å².